The van der Waals surface area contributed by atoms with Gasteiger partial charge in [0.15, 0.2) is 0 Å². The number of rotatable bonds is 13. The van der Waals surface area contributed by atoms with Crippen molar-refractivity contribution in [3.05, 3.63) is 101 Å². The van der Waals surface area contributed by atoms with Gasteiger partial charge in [-0.2, -0.15) is 11.2 Å². The highest BCUT2D eigenvalue weighted by Crippen LogP contribution is 2.50. The predicted octanol–water partition coefficient (Wildman–Crippen LogP) is 10.1. The van der Waals surface area contributed by atoms with Crippen LogP contribution in [0.5, 0.6) is 0 Å². The Hall–Kier alpha value is -1.81. The first kappa shape index (κ1) is 31.2. The monoisotopic (exact) mass is 508 g/mol. The molecule has 0 heterocycles. The van der Waals surface area contributed by atoms with E-state index in [9.17, 15) is 0 Å². The smallest absolute Gasteiger partial charge is 0.125 e. The fourth-order valence-corrected chi connectivity index (χ4v) is 14.5. The van der Waals surface area contributed by atoms with Crippen LogP contribution in [0.2, 0.25) is 16.6 Å². The van der Waals surface area contributed by atoms with E-state index < -0.39 is 7.22 Å². The van der Waals surface area contributed by atoms with Crippen molar-refractivity contribution in [3.63, 3.8) is 0 Å². The van der Waals surface area contributed by atoms with E-state index in [-0.39, 0.29) is 6.61 Å². The summed E-state index contributed by atoms with van der Waals surface area (Å²) in [6, 6.07) is 9.01. The van der Waals surface area contributed by atoms with Crippen molar-refractivity contribution in [2.75, 3.05) is 6.61 Å². The van der Waals surface area contributed by atoms with E-state index in [1.807, 2.05) is 25.2 Å². The second-order valence-electron chi connectivity index (χ2n) is 10.4. The molecule has 0 fully saturated rings. The molecular formula is C32H48OSSi. The van der Waals surface area contributed by atoms with Crippen molar-refractivity contribution in [2.24, 2.45) is 0 Å². The molecule has 0 aliphatic rings. The maximum absolute atomic E-state index is 9.01. The van der Waals surface area contributed by atoms with Crippen LogP contribution in [0.4, 0.5) is 0 Å². The van der Waals surface area contributed by atoms with Crippen molar-refractivity contribution in [2.45, 2.75) is 84.7 Å². The van der Waals surface area contributed by atoms with Crippen LogP contribution in [0, 0.1) is 0 Å². The summed E-state index contributed by atoms with van der Waals surface area (Å²) in [7, 11) is -1.45. The molecule has 0 atom stereocenters. The number of aliphatic hydroxyl groups is 1. The van der Waals surface area contributed by atoms with Crippen LogP contribution >= 0.6 is 11.2 Å². The molecule has 0 saturated heterocycles. The Morgan fingerprint density at radius 2 is 1.40 bits per heavy atom. The van der Waals surface area contributed by atoms with Crippen LogP contribution in [0.25, 0.3) is 6.08 Å². The van der Waals surface area contributed by atoms with Gasteiger partial charge < -0.3 is 5.11 Å². The van der Waals surface area contributed by atoms with Gasteiger partial charge in [-0.15, -0.1) is 0 Å². The van der Waals surface area contributed by atoms with Crippen LogP contribution in [0.3, 0.4) is 0 Å². The van der Waals surface area contributed by atoms with E-state index >= 15 is 0 Å². The van der Waals surface area contributed by atoms with Crippen molar-refractivity contribution in [1.82, 2.24) is 0 Å². The fraction of sp³-hybridized carbons (Fsp3) is 0.438. The molecule has 0 unspecified atom stereocenters. The Morgan fingerprint density at radius 3 is 2.00 bits per heavy atom. The molecule has 35 heavy (non-hydrogen) atoms. The minimum Gasteiger partial charge on any atom is -0.392 e. The number of aliphatic hydroxyl groups excluding tert-OH is 1. The topological polar surface area (TPSA) is 20.2 Å². The second kappa shape index (κ2) is 16.0. The predicted molar refractivity (Wildman–Crippen MR) is 164 cm³/mol. The molecule has 1 N–H and O–H groups in total. The summed E-state index contributed by atoms with van der Waals surface area (Å²) < 4.78 is 0. The van der Waals surface area contributed by atoms with Crippen molar-refractivity contribution in [3.8, 4) is 0 Å². The lowest BCUT2D eigenvalue weighted by Crippen LogP contribution is -2.41. The van der Waals surface area contributed by atoms with Gasteiger partial charge in [-0.3, -0.25) is 0 Å². The molecule has 0 radical (unpaired) electrons. The Bertz CT molecular complexity index is 936. The summed E-state index contributed by atoms with van der Waals surface area (Å²) in [4.78, 5) is 0. The van der Waals surface area contributed by atoms with Crippen LogP contribution in [0.1, 0.15) is 73.4 Å². The van der Waals surface area contributed by atoms with Crippen LogP contribution < -0.4 is 0 Å². The zero-order valence-corrected chi connectivity index (χ0v) is 25.3. The van der Waals surface area contributed by atoms with Crippen molar-refractivity contribution in [1.29, 1.82) is 0 Å². The maximum atomic E-state index is 9.01. The molecule has 0 aliphatic heterocycles. The molecule has 0 aliphatic carbocycles. The van der Waals surface area contributed by atoms with Gasteiger partial charge in [0, 0.05) is 5.75 Å². The fourth-order valence-electron chi connectivity index (χ4n) is 4.67. The molecule has 0 spiro atoms. The third-order valence-electron chi connectivity index (χ3n) is 6.50. The summed E-state index contributed by atoms with van der Waals surface area (Å²) in [5.41, 5.74) is 8.37. The van der Waals surface area contributed by atoms with E-state index in [0.717, 1.165) is 27.9 Å². The van der Waals surface area contributed by atoms with Gasteiger partial charge in [-0.1, -0.05) is 132 Å². The van der Waals surface area contributed by atoms with Crippen LogP contribution in [-0.4, -0.2) is 18.9 Å². The molecule has 0 amide bonds. The Kier molecular flexibility index (Phi) is 14.3. The normalized spacial score (nSPS) is 14.7. The van der Waals surface area contributed by atoms with Gasteiger partial charge in [0.1, 0.15) is 7.22 Å². The highest BCUT2D eigenvalue weighted by atomic mass is 32.4. The second-order valence-corrected chi connectivity index (χ2v) is 19.2. The molecule has 192 valence electrons. The number of allylic oxidation sites excluding steroid dienone is 10. The molecule has 1 nitrogen and oxygen atoms in total. The van der Waals surface area contributed by atoms with E-state index in [1.54, 1.807) is 0 Å². The third kappa shape index (κ3) is 10.8. The first-order valence-electron chi connectivity index (χ1n) is 12.9. The Labute approximate surface area is 221 Å². The molecule has 1 aromatic carbocycles. The minimum atomic E-state index is -1.45. The lowest BCUT2D eigenvalue weighted by Gasteiger charge is -2.42. The molecule has 1 rings (SSSR count). The van der Waals surface area contributed by atoms with Gasteiger partial charge in [0.05, 0.1) is 6.61 Å². The van der Waals surface area contributed by atoms with Crippen LogP contribution in [-0.2, 0) is 5.75 Å². The van der Waals surface area contributed by atoms with Crippen molar-refractivity contribution >= 4 is 24.5 Å². The SMILES string of the molecule is CC(/C=C/C=C(C)/C=C/c1cccc(CS[Si](C(C)C)(C(C)C)C(C)C)c1)=C\C=C\C=C(/C)CO. The molecular weight excluding hydrogens is 461 g/mol. The Morgan fingerprint density at radius 1 is 0.829 bits per heavy atom. The van der Waals surface area contributed by atoms with Gasteiger partial charge in [0.25, 0.3) is 0 Å². The number of hydrogen-bond donors (Lipinski definition) is 1. The molecule has 0 aromatic heterocycles. The van der Waals surface area contributed by atoms with E-state index in [2.05, 4.69) is 127 Å². The van der Waals surface area contributed by atoms with E-state index in [1.165, 1.54) is 22.3 Å². The highest BCUT2D eigenvalue weighted by Gasteiger charge is 2.43. The van der Waals surface area contributed by atoms with Gasteiger partial charge in [0.2, 0.25) is 0 Å². The van der Waals surface area contributed by atoms with Gasteiger partial charge in [-0.05, 0) is 54.1 Å². The number of hydrogen-bond acceptors (Lipinski definition) is 2. The number of benzene rings is 1. The Balaban J connectivity index is 2.81. The molecule has 0 saturated carbocycles. The molecule has 0 bridgehead atoms. The van der Waals surface area contributed by atoms with E-state index in [0.29, 0.717) is 0 Å². The molecule has 3 heteroatoms. The van der Waals surface area contributed by atoms with Gasteiger partial charge >= 0.3 is 0 Å². The lowest BCUT2D eigenvalue weighted by molar-refractivity contribution is 0.331. The van der Waals surface area contributed by atoms with E-state index in [4.69, 9.17) is 5.11 Å². The lowest BCUT2D eigenvalue weighted by atomic mass is 10.1. The first-order valence-corrected chi connectivity index (χ1v) is 16.8. The average molecular weight is 509 g/mol. The van der Waals surface area contributed by atoms with Crippen molar-refractivity contribution < 1.29 is 5.11 Å². The first-order chi connectivity index (χ1) is 16.5. The maximum Gasteiger partial charge on any atom is 0.125 e. The zero-order valence-electron chi connectivity index (χ0n) is 23.5. The summed E-state index contributed by atoms with van der Waals surface area (Å²) in [6.45, 7) is 20.9. The minimum absolute atomic E-state index is 0.102. The third-order valence-corrected chi connectivity index (χ3v) is 19.1. The summed E-state index contributed by atoms with van der Waals surface area (Å²) in [5.74, 6) is 1.11. The summed E-state index contributed by atoms with van der Waals surface area (Å²) in [6.07, 6.45) is 18.7. The quantitative estimate of drug-likeness (QED) is 0.211. The average Bonchev–Trinajstić information content (AvgIpc) is 2.80. The van der Waals surface area contributed by atoms with Crippen LogP contribution in [0.15, 0.2) is 89.6 Å². The standard InChI is InChI=1S/C32H48OSSi/c1-25(2)35(26(3)4,27(5)6)34-24-32-19-13-18-31(22-32)21-20-29(8)17-12-16-28(7)14-10-11-15-30(9)23-33/h10-22,25-27,33H,23-24H2,1-9H3/b11-10+,16-12+,21-20+,28-14+,29-17+,30-15+. The summed E-state index contributed by atoms with van der Waals surface area (Å²) in [5, 5.41) is 9.01. The molecule has 1 aromatic rings. The zero-order chi connectivity index (χ0) is 26.4. The summed E-state index contributed by atoms with van der Waals surface area (Å²) >= 11 is 2.27. The van der Waals surface area contributed by atoms with Gasteiger partial charge in [-0.25, -0.2) is 0 Å². The largest absolute Gasteiger partial charge is 0.392 e. The highest BCUT2D eigenvalue weighted by molar-refractivity contribution is 8.28.